The standard InChI is InChI=1S/C24H35FN2O4/c1-23(2,3)31-22(28)27-12-9-24(7-10-26-11-8-24)20(15-27)19-5-4-17(25)14-21(19)30-18-6-13-29-16-18/h4-5,14,18,20,26H,6-13,15-16H2,1-3H3/t18-,20?/m0/s1. The Morgan fingerprint density at radius 1 is 1.26 bits per heavy atom. The first-order valence-electron chi connectivity index (χ1n) is 11.5. The van der Waals surface area contributed by atoms with Crippen LogP contribution in [0.5, 0.6) is 5.75 Å². The molecule has 1 aromatic carbocycles. The van der Waals surface area contributed by atoms with Gasteiger partial charge in [-0.15, -0.1) is 0 Å². The van der Waals surface area contributed by atoms with E-state index in [2.05, 4.69) is 5.32 Å². The van der Waals surface area contributed by atoms with E-state index < -0.39 is 5.60 Å². The van der Waals surface area contributed by atoms with E-state index in [0.29, 0.717) is 32.1 Å². The monoisotopic (exact) mass is 434 g/mol. The Balaban J connectivity index is 1.65. The number of ether oxygens (including phenoxy) is 3. The van der Waals surface area contributed by atoms with Gasteiger partial charge in [-0.3, -0.25) is 0 Å². The summed E-state index contributed by atoms with van der Waals surface area (Å²) in [5.74, 6) is 0.343. The molecule has 1 aromatic rings. The molecular weight excluding hydrogens is 399 g/mol. The molecule has 6 nitrogen and oxygen atoms in total. The van der Waals surface area contributed by atoms with Crippen molar-refractivity contribution in [2.75, 3.05) is 39.4 Å². The number of halogens is 1. The molecule has 3 aliphatic heterocycles. The van der Waals surface area contributed by atoms with Gasteiger partial charge in [-0.25, -0.2) is 9.18 Å². The highest BCUT2D eigenvalue weighted by Crippen LogP contribution is 2.51. The minimum Gasteiger partial charge on any atom is -0.488 e. The van der Waals surface area contributed by atoms with Crippen molar-refractivity contribution in [2.45, 2.75) is 64.1 Å². The molecule has 3 aliphatic rings. The van der Waals surface area contributed by atoms with E-state index in [1.807, 2.05) is 31.7 Å². The Labute approximate surface area is 184 Å². The molecule has 1 N–H and O–H groups in total. The lowest BCUT2D eigenvalue weighted by molar-refractivity contribution is -0.00299. The van der Waals surface area contributed by atoms with E-state index in [9.17, 15) is 9.18 Å². The molecule has 0 saturated carbocycles. The molecule has 1 unspecified atom stereocenters. The molecule has 172 valence electrons. The Bertz CT molecular complexity index is 782. The summed E-state index contributed by atoms with van der Waals surface area (Å²) in [5, 5.41) is 3.46. The Morgan fingerprint density at radius 3 is 2.71 bits per heavy atom. The first-order valence-corrected chi connectivity index (χ1v) is 11.5. The SMILES string of the molecule is CC(C)(C)OC(=O)N1CCC2(CCNCC2)C(c2ccc(F)cc2O[C@H]2CCOC2)C1. The zero-order valence-corrected chi connectivity index (χ0v) is 18.9. The number of likely N-dealkylation sites (tertiary alicyclic amines) is 1. The number of nitrogens with zero attached hydrogens (tertiary/aromatic N) is 1. The summed E-state index contributed by atoms with van der Waals surface area (Å²) in [7, 11) is 0. The van der Waals surface area contributed by atoms with Gasteiger partial charge in [0.1, 0.15) is 23.3 Å². The van der Waals surface area contributed by atoms with E-state index >= 15 is 0 Å². The van der Waals surface area contributed by atoms with Crippen molar-refractivity contribution in [1.29, 1.82) is 0 Å². The van der Waals surface area contributed by atoms with Crippen LogP contribution in [0.15, 0.2) is 18.2 Å². The van der Waals surface area contributed by atoms with E-state index in [1.165, 1.54) is 12.1 Å². The number of carbonyl (C=O) groups is 1. The topological polar surface area (TPSA) is 60.0 Å². The number of nitrogens with one attached hydrogen (secondary N) is 1. The molecule has 3 saturated heterocycles. The van der Waals surface area contributed by atoms with Gasteiger partial charge in [0.05, 0.1) is 13.2 Å². The molecule has 7 heteroatoms. The van der Waals surface area contributed by atoms with Gasteiger partial charge in [-0.1, -0.05) is 6.07 Å². The van der Waals surface area contributed by atoms with Crippen molar-refractivity contribution in [3.63, 3.8) is 0 Å². The summed E-state index contributed by atoms with van der Waals surface area (Å²) >= 11 is 0. The minimum absolute atomic E-state index is 0.0601. The fourth-order valence-corrected chi connectivity index (χ4v) is 5.16. The third-order valence-electron chi connectivity index (χ3n) is 6.81. The molecular formula is C24H35FN2O4. The number of piperidine rings is 2. The molecule has 1 spiro atoms. The maximum absolute atomic E-state index is 14.2. The van der Waals surface area contributed by atoms with Crippen LogP contribution in [0.2, 0.25) is 0 Å². The number of hydrogen-bond acceptors (Lipinski definition) is 5. The van der Waals surface area contributed by atoms with Gasteiger partial charge in [0.15, 0.2) is 0 Å². The van der Waals surface area contributed by atoms with Crippen molar-refractivity contribution >= 4 is 6.09 Å². The van der Waals surface area contributed by atoms with E-state index in [4.69, 9.17) is 14.2 Å². The molecule has 0 radical (unpaired) electrons. The highest BCUT2D eigenvalue weighted by Gasteiger charge is 2.47. The normalized spacial score (nSPS) is 26.1. The third-order valence-corrected chi connectivity index (χ3v) is 6.81. The van der Waals surface area contributed by atoms with Crippen LogP contribution >= 0.6 is 0 Å². The van der Waals surface area contributed by atoms with Crippen molar-refractivity contribution < 1.29 is 23.4 Å². The minimum atomic E-state index is -0.539. The van der Waals surface area contributed by atoms with Crippen molar-refractivity contribution in [2.24, 2.45) is 5.41 Å². The first-order chi connectivity index (χ1) is 14.8. The van der Waals surface area contributed by atoms with Gasteiger partial charge in [0.25, 0.3) is 0 Å². The molecule has 31 heavy (non-hydrogen) atoms. The van der Waals surface area contributed by atoms with Crippen LogP contribution < -0.4 is 10.1 Å². The molecule has 0 aromatic heterocycles. The third kappa shape index (κ3) is 5.14. The Kier molecular flexibility index (Phi) is 6.44. The van der Waals surface area contributed by atoms with Crippen LogP contribution in [-0.2, 0) is 9.47 Å². The quantitative estimate of drug-likeness (QED) is 0.777. The fraction of sp³-hybridized carbons (Fsp3) is 0.708. The van der Waals surface area contributed by atoms with Crippen molar-refractivity contribution in [3.8, 4) is 5.75 Å². The summed E-state index contributed by atoms with van der Waals surface area (Å²) in [6, 6.07) is 4.86. The molecule has 4 rings (SSSR count). The molecule has 2 atom stereocenters. The zero-order chi connectivity index (χ0) is 22.1. The van der Waals surface area contributed by atoms with Gasteiger partial charge < -0.3 is 24.4 Å². The van der Waals surface area contributed by atoms with E-state index in [-0.39, 0.29) is 29.3 Å². The van der Waals surface area contributed by atoms with Gasteiger partial charge >= 0.3 is 6.09 Å². The van der Waals surface area contributed by atoms with Gasteiger partial charge in [-0.2, -0.15) is 0 Å². The van der Waals surface area contributed by atoms with Crippen LogP contribution in [-0.4, -0.2) is 62.1 Å². The van der Waals surface area contributed by atoms with E-state index in [0.717, 1.165) is 44.3 Å². The largest absolute Gasteiger partial charge is 0.488 e. The van der Waals surface area contributed by atoms with Crippen molar-refractivity contribution in [3.05, 3.63) is 29.6 Å². The first kappa shape index (κ1) is 22.3. The summed E-state index contributed by atoms with van der Waals surface area (Å²) in [4.78, 5) is 14.7. The number of benzene rings is 1. The van der Waals surface area contributed by atoms with Crippen LogP contribution in [0.4, 0.5) is 9.18 Å². The van der Waals surface area contributed by atoms with Gasteiger partial charge in [0.2, 0.25) is 0 Å². The summed E-state index contributed by atoms with van der Waals surface area (Å²) in [6.45, 7) is 9.99. The van der Waals surface area contributed by atoms with Crippen molar-refractivity contribution in [1.82, 2.24) is 10.2 Å². The number of amides is 1. The van der Waals surface area contributed by atoms with Gasteiger partial charge in [-0.05, 0) is 70.2 Å². The van der Waals surface area contributed by atoms with Crippen LogP contribution in [0.1, 0.15) is 57.9 Å². The predicted molar refractivity (Wildman–Crippen MR) is 116 cm³/mol. The number of carbonyl (C=O) groups excluding carboxylic acids is 1. The smallest absolute Gasteiger partial charge is 0.410 e. The zero-order valence-electron chi connectivity index (χ0n) is 18.9. The highest BCUT2D eigenvalue weighted by molar-refractivity contribution is 5.68. The average Bonchev–Trinajstić information content (AvgIpc) is 3.21. The molecule has 0 bridgehead atoms. The summed E-state index contributed by atoms with van der Waals surface area (Å²) in [5.41, 5.74) is 0.512. The van der Waals surface area contributed by atoms with E-state index in [1.54, 1.807) is 0 Å². The summed E-state index contributed by atoms with van der Waals surface area (Å²) in [6.07, 6.45) is 3.43. The predicted octanol–water partition coefficient (Wildman–Crippen LogP) is 4.09. The maximum atomic E-state index is 14.2. The summed E-state index contributed by atoms with van der Waals surface area (Å²) < 4.78 is 31.6. The van der Waals surface area contributed by atoms with Crippen LogP contribution in [0.3, 0.4) is 0 Å². The highest BCUT2D eigenvalue weighted by atomic mass is 19.1. The average molecular weight is 435 g/mol. The van der Waals surface area contributed by atoms with Crippen LogP contribution in [0, 0.1) is 11.2 Å². The lowest BCUT2D eigenvalue weighted by atomic mass is 9.62. The lowest BCUT2D eigenvalue weighted by Gasteiger charge is -2.50. The second-order valence-electron chi connectivity index (χ2n) is 10.1. The number of rotatable bonds is 3. The van der Waals surface area contributed by atoms with Gasteiger partial charge in [0, 0.05) is 31.5 Å². The Hall–Kier alpha value is -1.86. The second kappa shape index (κ2) is 8.94. The second-order valence-corrected chi connectivity index (χ2v) is 10.1. The number of hydrogen-bond donors (Lipinski definition) is 1. The van der Waals surface area contributed by atoms with Crippen LogP contribution in [0.25, 0.3) is 0 Å². The lowest BCUT2D eigenvalue weighted by Crippen LogP contribution is -2.52. The Morgan fingerprint density at radius 2 is 2.03 bits per heavy atom. The maximum Gasteiger partial charge on any atom is 0.410 e. The molecule has 1 amide bonds. The molecule has 3 fully saturated rings. The molecule has 3 heterocycles. The molecule has 0 aliphatic carbocycles. The fourth-order valence-electron chi connectivity index (χ4n) is 5.16.